The minimum Gasteiger partial charge on any atom is -0.496 e. The van der Waals surface area contributed by atoms with Gasteiger partial charge < -0.3 is 20.3 Å². The van der Waals surface area contributed by atoms with E-state index in [-0.39, 0.29) is 43.1 Å². The number of Topliss-reactive ketones (excluding diaryl/α,β-unsaturated/α-hetero) is 2. The van der Waals surface area contributed by atoms with Gasteiger partial charge in [-0.15, -0.1) is 0 Å². The maximum absolute atomic E-state index is 13.6. The number of ketones is 2. The SMILES string of the molecule is COc1cc(C(=O)CC[C@](C)(O)c2cc3c(c(-c4ccc(F)cc4)n2)OC[C@]3(C)C(N)=O)cc2c1CC(=O)CC2. The van der Waals surface area contributed by atoms with Crippen molar-refractivity contribution < 1.29 is 33.4 Å². The molecule has 1 aliphatic carbocycles. The zero-order valence-corrected chi connectivity index (χ0v) is 22.7. The van der Waals surface area contributed by atoms with Crippen molar-refractivity contribution in [1.82, 2.24) is 4.98 Å². The second-order valence-corrected chi connectivity index (χ2v) is 11.0. The Balaban J connectivity index is 1.47. The molecule has 1 aliphatic heterocycles. The van der Waals surface area contributed by atoms with E-state index in [1.165, 1.54) is 19.2 Å². The number of pyridine rings is 1. The molecule has 9 heteroatoms. The van der Waals surface area contributed by atoms with Crippen LogP contribution in [0.4, 0.5) is 4.39 Å². The highest BCUT2D eigenvalue weighted by Gasteiger charge is 2.45. The molecular weight excluding hydrogens is 515 g/mol. The molecule has 40 heavy (non-hydrogen) atoms. The first-order valence-corrected chi connectivity index (χ1v) is 13.1. The molecule has 0 saturated carbocycles. The minimum atomic E-state index is -1.56. The maximum atomic E-state index is 13.6. The van der Waals surface area contributed by atoms with Gasteiger partial charge in [0.15, 0.2) is 5.78 Å². The van der Waals surface area contributed by atoms with Crippen molar-refractivity contribution in [3.63, 3.8) is 0 Å². The molecule has 0 fully saturated rings. The summed E-state index contributed by atoms with van der Waals surface area (Å²) >= 11 is 0. The summed E-state index contributed by atoms with van der Waals surface area (Å²) in [6, 6.07) is 10.7. The lowest BCUT2D eigenvalue weighted by Gasteiger charge is -2.26. The van der Waals surface area contributed by atoms with Gasteiger partial charge in [0.05, 0.1) is 12.8 Å². The Kier molecular flexibility index (Phi) is 6.95. The zero-order chi connectivity index (χ0) is 28.8. The van der Waals surface area contributed by atoms with Gasteiger partial charge in [-0.2, -0.15) is 0 Å². The number of primary amides is 1. The average Bonchev–Trinajstić information content (AvgIpc) is 3.29. The number of hydrogen-bond donors (Lipinski definition) is 2. The van der Waals surface area contributed by atoms with E-state index < -0.39 is 22.7 Å². The fourth-order valence-corrected chi connectivity index (χ4v) is 5.33. The topological polar surface area (TPSA) is 129 Å². The summed E-state index contributed by atoms with van der Waals surface area (Å²) in [4.78, 5) is 42.3. The van der Waals surface area contributed by atoms with Crippen LogP contribution < -0.4 is 15.2 Å². The molecule has 2 atom stereocenters. The third-order valence-electron chi connectivity index (χ3n) is 8.02. The van der Waals surface area contributed by atoms with Crippen molar-refractivity contribution >= 4 is 17.5 Å². The van der Waals surface area contributed by atoms with Gasteiger partial charge in [0.2, 0.25) is 5.91 Å². The van der Waals surface area contributed by atoms with Crippen LogP contribution in [0.2, 0.25) is 0 Å². The van der Waals surface area contributed by atoms with Crippen molar-refractivity contribution in [3.8, 4) is 22.8 Å². The van der Waals surface area contributed by atoms with Crippen molar-refractivity contribution in [3.05, 3.63) is 76.2 Å². The molecule has 0 spiro atoms. The number of aryl methyl sites for hydroxylation is 1. The summed E-state index contributed by atoms with van der Waals surface area (Å²) < 4.78 is 25.0. The first-order chi connectivity index (χ1) is 18.9. The van der Waals surface area contributed by atoms with Crippen molar-refractivity contribution in [2.75, 3.05) is 13.7 Å². The number of aliphatic hydroxyl groups is 1. The van der Waals surface area contributed by atoms with E-state index in [2.05, 4.69) is 4.98 Å². The van der Waals surface area contributed by atoms with Gasteiger partial charge in [0, 0.05) is 41.5 Å². The molecule has 0 bridgehead atoms. The lowest BCUT2D eigenvalue weighted by Crippen LogP contribution is -2.40. The maximum Gasteiger partial charge on any atom is 0.231 e. The number of fused-ring (bicyclic) bond motifs is 2. The van der Waals surface area contributed by atoms with Gasteiger partial charge in [-0.05, 0) is 74.7 Å². The Morgan fingerprint density at radius 2 is 1.93 bits per heavy atom. The van der Waals surface area contributed by atoms with Gasteiger partial charge in [-0.3, -0.25) is 14.4 Å². The average molecular weight is 547 g/mol. The van der Waals surface area contributed by atoms with Crippen LogP contribution in [0, 0.1) is 5.82 Å². The Morgan fingerprint density at radius 3 is 2.60 bits per heavy atom. The smallest absolute Gasteiger partial charge is 0.231 e. The predicted octanol–water partition coefficient (Wildman–Crippen LogP) is 3.96. The third kappa shape index (κ3) is 4.86. The lowest BCUT2D eigenvalue weighted by atomic mass is 9.81. The molecule has 0 saturated heterocycles. The molecule has 3 aromatic rings. The van der Waals surface area contributed by atoms with Gasteiger partial charge in [0.1, 0.15) is 46.4 Å². The number of amides is 1. The van der Waals surface area contributed by atoms with E-state index in [0.717, 1.165) is 11.1 Å². The molecule has 208 valence electrons. The number of hydrogen-bond acceptors (Lipinski definition) is 7. The number of rotatable bonds is 8. The molecule has 3 N–H and O–H groups in total. The minimum absolute atomic E-state index is 0.00209. The number of aromatic nitrogens is 1. The predicted molar refractivity (Wildman–Crippen MR) is 145 cm³/mol. The molecule has 2 heterocycles. The summed E-state index contributed by atoms with van der Waals surface area (Å²) in [5.74, 6) is -0.204. The quantitative estimate of drug-likeness (QED) is 0.409. The number of nitrogens with zero attached hydrogens (tertiary/aromatic N) is 1. The highest BCUT2D eigenvalue weighted by molar-refractivity contribution is 5.97. The fourth-order valence-electron chi connectivity index (χ4n) is 5.33. The normalized spacial score (nSPS) is 19.3. The van der Waals surface area contributed by atoms with Gasteiger partial charge in [0.25, 0.3) is 0 Å². The molecule has 0 radical (unpaired) electrons. The van der Waals surface area contributed by atoms with Crippen molar-refractivity contribution in [2.45, 2.75) is 57.0 Å². The Morgan fingerprint density at radius 1 is 1.20 bits per heavy atom. The number of halogens is 1. The second-order valence-electron chi connectivity index (χ2n) is 11.0. The molecule has 1 amide bonds. The van der Waals surface area contributed by atoms with E-state index in [1.807, 2.05) is 0 Å². The van der Waals surface area contributed by atoms with Crippen LogP contribution in [-0.4, -0.2) is 41.3 Å². The van der Waals surface area contributed by atoms with Gasteiger partial charge >= 0.3 is 0 Å². The number of nitrogens with two attached hydrogens (primary N) is 1. The zero-order valence-electron chi connectivity index (χ0n) is 22.7. The molecule has 1 aromatic heterocycles. The van der Waals surface area contributed by atoms with E-state index in [0.29, 0.717) is 46.7 Å². The third-order valence-corrected chi connectivity index (χ3v) is 8.02. The Labute approximate surface area is 231 Å². The number of benzene rings is 2. The molecular formula is C31H31FN2O6. The van der Waals surface area contributed by atoms with Crippen LogP contribution in [0.5, 0.6) is 11.5 Å². The number of carbonyl (C=O) groups excluding carboxylic acids is 3. The highest BCUT2D eigenvalue weighted by Crippen LogP contribution is 2.46. The van der Waals surface area contributed by atoms with Crippen LogP contribution in [0.15, 0.2) is 42.5 Å². The Bertz CT molecular complexity index is 1510. The van der Waals surface area contributed by atoms with Crippen LogP contribution in [0.3, 0.4) is 0 Å². The number of carbonyl (C=O) groups is 3. The fraction of sp³-hybridized carbons (Fsp3) is 0.355. The van der Waals surface area contributed by atoms with E-state index >= 15 is 0 Å². The van der Waals surface area contributed by atoms with E-state index in [4.69, 9.17) is 15.2 Å². The van der Waals surface area contributed by atoms with Crippen LogP contribution in [-0.2, 0) is 33.4 Å². The number of ether oxygens (including phenoxy) is 2. The summed E-state index contributed by atoms with van der Waals surface area (Å²) in [5, 5.41) is 11.6. The Hall–Kier alpha value is -4.11. The second kappa shape index (κ2) is 10.1. The van der Waals surface area contributed by atoms with Crippen LogP contribution >= 0.6 is 0 Å². The van der Waals surface area contributed by atoms with Crippen molar-refractivity contribution in [1.29, 1.82) is 0 Å². The van der Waals surface area contributed by atoms with E-state index in [9.17, 15) is 23.9 Å². The standard InChI is InChI=1S/C31H31FN2O6/c1-30(29(33)37)16-40-28-23(30)15-26(34-27(28)17-4-7-20(32)8-5-17)31(2,38)11-10-24(36)19-12-18-6-9-21(35)14-22(18)25(13-19)39-3/h4-5,7-8,12-13,15,38H,6,9-11,14,16H2,1-3H3,(H2,33,37)/t30-,31-/m0/s1. The molecule has 5 rings (SSSR count). The molecule has 2 aliphatic rings. The lowest BCUT2D eigenvalue weighted by molar-refractivity contribution is -0.123. The summed E-state index contributed by atoms with van der Waals surface area (Å²) in [5.41, 5.74) is 6.79. The summed E-state index contributed by atoms with van der Waals surface area (Å²) in [6.07, 6.45) is 1.30. The highest BCUT2D eigenvalue weighted by atomic mass is 19.1. The molecule has 0 unspecified atom stereocenters. The van der Waals surface area contributed by atoms with Crippen LogP contribution in [0.1, 0.15) is 65.9 Å². The van der Waals surface area contributed by atoms with Gasteiger partial charge in [-0.1, -0.05) is 0 Å². The van der Waals surface area contributed by atoms with Crippen molar-refractivity contribution in [2.24, 2.45) is 5.73 Å². The van der Waals surface area contributed by atoms with E-state index in [1.54, 1.807) is 44.2 Å². The van der Waals surface area contributed by atoms with Gasteiger partial charge in [-0.25, -0.2) is 9.37 Å². The number of methoxy groups -OCH3 is 1. The monoisotopic (exact) mass is 546 g/mol. The first kappa shape index (κ1) is 27.5. The largest absolute Gasteiger partial charge is 0.496 e. The molecule has 2 aromatic carbocycles. The van der Waals surface area contributed by atoms with Crippen LogP contribution in [0.25, 0.3) is 11.3 Å². The molecule has 8 nitrogen and oxygen atoms in total. The summed E-state index contributed by atoms with van der Waals surface area (Å²) in [6.45, 7) is 3.22. The first-order valence-electron chi connectivity index (χ1n) is 13.1. The summed E-state index contributed by atoms with van der Waals surface area (Å²) in [7, 11) is 1.51.